The van der Waals surface area contributed by atoms with Crippen LogP contribution in [0.1, 0.15) is 39.0 Å². The molecule has 0 heterocycles. The Labute approximate surface area is 92.1 Å². The molecular formula is C12H22N2O. The molecule has 3 N–H and O–H groups in total. The van der Waals surface area contributed by atoms with E-state index in [2.05, 4.69) is 18.8 Å². The van der Waals surface area contributed by atoms with Gasteiger partial charge >= 0.3 is 0 Å². The molecule has 1 aliphatic carbocycles. The monoisotopic (exact) mass is 210 g/mol. The Balaban J connectivity index is 2.28. The number of carbonyl (C=O) groups excluding carboxylic acids is 1. The van der Waals surface area contributed by atoms with E-state index in [0.717, 1.165) is 18.8 Å². The van der Waals surface area contributed by atoms with Crippen LogP contribution in [0, 0.1) is 5.92 Å². The topological polar surface area (TPSA) is 55.1 Å². The van der Waals surface area contributed by atoms with E-state index in [9.17, 15) is 4.79 Å². The van der Waals surface area contributed by atoms with Gasteiger partial charge in [0, 0.05) is 6.04 Å². The van der Waals surface area contributed by atoms with Crippen molar-refractivity contribution in [3.63, 3.8) is 0 Å². The van der Waals surface area contributed by atoms with Crippen LogP contribution in [-0.2, 0) is 4.79 Å². The predicted octanol–water partition coefficient (Wildman–Crippen LogP) is 1.58. The van der Waals surface area contributed by atoms with E-state index in [1.54, 1.807) is 6.08 Å². The van der Waals surface area contributed by atoms with Crippen molar-refractivity contribution in [3.05, 3.63) is 12.7 Å². The van der Waals surface area contributed by atoms with E-state index in [1.807, 2.05) is 0 Å². The van der Waals surface area contributed by atoms with Gasteiger partial charge < -0.3 is 11.1 Å². The van der Waals surface area contributed by atoms with Crippen LogP contribution >= 0.6 is 0 Å². The first-order valence-electron chi connectivity index (χ1n) is 5.80. The number of nitrogens with one attached hydrogen (secondary N) is 1. The highest BCUT2D eigenvalue weighted by Gasteiger charge is 2.21. The molecule has 3 heteroatoms. The van der Waals surface area contributed by atoms with Crippen molar-refractivity contribution in [2.75, 3.05) is 0 Å². The summed E-state index contributed by atoms with van der Waals surface area (Å²) >= 11 is 0. The van der Waals surface area contributed by atoms with Crippen LogP contribution in [0.4, 0.5) is 0 Å². The first-order valence-corrected chi connectivity index (χ1v) is 5.80. The minimum atomic E-state index is -0.429. The van der Waals surface area contributed by atoms with Crippen molar-refractivity contribution in [2.45, 2.75) is 51.1 Å². The van der Waals surface area contributed by atoms with E-state index >= 15 is 0 Å². The Morgan fingerprint density at radius 3 is 2.67 bits per heavy atom. The Bertz CT molecular complexity index is 220. The van der Waals surface area contributed by atoms with E-state index in [-0.39, 0.29) is 5.91 Å². The second-order valence-electron chi connectivity index (χ2n) is 4.60. The van der Waals surface area contributed by atoms with Crippen molar-refractivity contribution in [2.24, 2.45) is 11.7 Å². The summed E-state index contributed by atoms with van der Waals surface area (Å²) in [7, 11) is 0. The van der Waals surface area contributed by atoms with Crippen molar-refractivity contribution >= 4 is 5.91 Å². The van der Waals surface area contributed by atoms with Crippen LogP contribution in [0.5, 0.6) is 0 Å². The molecular weight excluding hydrogens is 188 g/mol. The third-order valence-corrected chi connectivity index (χ3v) is 3.12. The van der Waals surface area contributed by atoms with Gasteiger partial charge in [-0.05, 0) is 38.0 Å². The lowest BCUT2D eigenvalue weighted by atomic mass is 9.87. The molecule has 1 amide bonds. The number of carbonyl (C=O) groups is 1. The van der Waals surface area contributed by atoms with E-state index in [1.165, 1.54) is 12.8 Å². The van der Waals surface area contributed by atoms with Gasteiger partial charge in [0.05, 0.1) is 6.04 Å². The number of rotatable bonds is 4. The molecule has 0 aromatic carbocycles. The molecule has 0 spiro atoms. The summed E-state index contributed by atoms with van der Waals surface area (Å²) in [5.74, 6) is 0.773. The third kappa shape index (κ3) is 4.04. The smallest absolute Gasteiger partial charge is 0.237 e. The summed E-state index contributed by atoms with van der Waals surface area (Å²) in [5, 5.41) is 3.01. The number of nitrogens with two attached hydrogens (primary N) is 1. The molecule has 0 aromatic rings. The summed E-state index contributed by atoms with van der Waals surface area (Å²) in [6, 6.07) is -0.0913. The second-order valence-corrected chi connectivity index (χ2v) is 4.60. The van der Waals surface area contributed by atoms with Crippen LogP contribution in [0.15, 0.2) is 12.7 Å². The van der Waals surface area contributed by atoms with E-state index in [4.69, 9.17) is 5.73 Å². The van der Waals surface area contributed by atoms with Gasteiger partial charge in [-0.2, -0.15) is 0 Å². The Kier molecular flexibility index (Phi) is 4.82. The molecule has 3 nitrogen and oxygen atoms in total. The van der Waals surface area contributed by atoms with Gasteiger partial charge in [0.1, 0.15) is 0 Å². The summed E-state index contributed by atoms with van der Waals surface area (Å²) in [4.78, 5) is 11.6. The fourth-order valence-corrected chi connectivity index (χ4v) is 2.00. The molecule has 1 fully saturated rings. The molecule has 1 aliphatic rings. The highest BCUT2D eigenvalue weighted by molar-refractivity contribution is 5.81. The normalized spacial score (nSPS) is 28.1. The van der Waals surface area contributed by atoms with Crippen LogP contribution in [0.25, 0.3) is 0 Å². The fourth-order valence-electron chi connectivity index (χ4n) is 2.00. The van der Waals surface area contributed by atoms with Gasteiger partial charge in [0.15, 0.2) is 0 Å². The van der Waals surface area contributed by atoms with Gasteiger partial charge in [0.25, 0.3) is 0 Å². The highest BCUT2D eigenvalue weighted by Crippen LogP contribution is 2.23. The van der Waals surface area contributed by atoms with Gasteiger partial charge in [-0.3, -0.25) is 4.79 Å². The lowest BCUT2D eigenvalue weighted by Crippen LogP contribution is -2.46. The molecule has 1 unspecified atom stereocenters. The maximum absolute atomic E-state index is 11.6. The van der Waals surface area contributed by atoms with Crippen LogP contribution in [-0.4, -0.2) is 18.0 Å². The van der Waals surface area contributed by atoms with Crippen LogP contribution < -0.4 is 11.1 Å². The predicted molar refractivity (Wildman–Crippen MR) is 62.4 cm³/mol. The Morgan fingerprint density at radius 1 is 1.53 bits per heavy atom. The lowest BCUT2D eigenvalue weighted by molar-refractivity contribution is -0.123. The zero-order valence-electron chi connectivity index (χ0n) is 9.54. The Morgan fingerprint density at radius 2 is 2.13 bits per heavy atom. The number of hydrogen-bond acceptors (Lipinski definition) is 2. The molecule has 0 aliphatic heterocycles. The molecule has 0 bridgehead atoms. The van der Waals surface area contributed by atoms with Crippen molar-refractivity contribution in [3.8, 4) is 0 Å². The lowest BCUT2D eigenvalue weighted by Gasteiger charge is -2.27. The molecule has 1 atom stereocenters. The van der Waals surface area contributed by atoms with Crippen LogP contribution in [0.3, 0.4) is 0 Å². The first-order chi connectivity index (χ1) is 7.13. The van der Waals surface area contributed by atoms with Crippen molar-refractivity contribution < 1.29 is 4.79 Å². The van der Waals surface area contributed by atoms with Crippen molar-refractivity contribution in [1.29, 1.82) is 0 Å². The van der Waals surface area contributed by atoms with Gasteiger partial charge in [-0.25, -0.2) is 0 Å². The molecule has 0 radical (unpaired) electrons. The highest BCUT2D eigenvalue weighted by atomic mass is 16.2. The summed E-state index contributed by atoms with van der Waals surface area (Å²) in [5.41, 5.74) is 5.69. The average Bonchev–Trinajstić information content (AvgIpc) is 2.22. The fraction of sp³-hybridized carbons (Fsp3) is 0.750. The standard InChI is InChI=1S/C12H22N2O/c1-3-4-11(13)12(15)14-10-7-5-9(2)6-8-10/h3,9-11H,1,4-8,13H2,2H3,(H,14,15). The van der Waals surface area contributed by atoms with Gasteiger partial charge in [-0.15, -0.1) is 6.58 Å². The molecule has 0 saturated heterocycles. The van der Waals surface area contributed by atoms with Crippen LogP contribution in [0.2, 0.25) is 0 Å². The van der Waals surface area contributed by atoms with Crippen molar-refractivity contribution in [1.82, 2.24) is 5.32 Å². The number of amides is 1. The molecule has 15 heavy (non-hydrogen) atoms. The molecule has 1 saturated carbocycles. The summed E-state index contributed by atoms with van der Waals surface area (Å²) in [6.07, 6.45) is 6.84. The van der Waals surface area contributed by atoms with E-state index < -0.39 is 6.04 Å². The maximum atomic E-state index is 11.6. The maximum Gasteiger partial charge on any atom is 0.237 e. The summed E-state index contributed by atoms with van der Waals surface area (Å²) in [6.45, 7) is 5.85. The number of hydrogen-bond donors (Lipinski definition) is 2. The van der Waals surface area contributed by atoms with E-state index in [0.29, 0.717) is 12.5 Å². The van der Waals surface area contributed by atoms with Gasteiger partial charge in [0.2, 0.25) is 5.91 Å². The third-order valence-electron chi connectivity index (χ3n) is 3.12. The Hall–Kier alpha value is -0.830. The zero-order valence-corrected chi connectivity index (χ0v) is 9.54. The SMILES string of the molecule is C=CCC(N)C(=O)NC1CCC(C)CC1. The minimum absolute atomic E-state index is 0.0329. The zero-order chi connectivity index (χ0) is 11.3. The molecule has 86 valence electrons. The second kappa shape index (κ2) is 5.91. The van der Waals surface area contributed by atoms with Gasteiger partial charge in [-0.1, -0.05) is 13.0 Å². The molecule has 0 aromatic heterocycles. The quantitative estimate of drug-likeness (QED) is 0.692. The summed E-state index contributed by atoms with van der Waals surface area (Å²) < 4.78 is 0. The minimum Gasteiger partial charge on any atom is -0.352 e. The first kappa shape index (κ1) is 12.2. The average molecular weight is 210 g/mol. The molecule has 1 rings (SSSR count). The largest absolute Gasteiger partial charge is 0.352 e.